The van der Waals surface area contributed by atoms with E-state index in [4.69, 9.17) is 16.3 Å². The number of nitrogens with zero attached hydrogens (tertiary/aromatic N) is 3. The highest BCUT2D eigenvalue weighted by molar-refractivity contribution is 7.15. The van der Waals surface area contributed by atoms with Crippen LogP contribution in [0.15, 0.2) is 29.6 Å². The molecule has 9 heteroatoms. The average Bonchev–Trinajstić information content (AvgIpc) is 3.23. The van der Waals surface area contributed by atoms with E-state index < -0.39 is 5.97 Å². The van der Waals surface area contributed by atoms with Gasteiger partial charge in [0.1, 0.15) is 10.6 Å². The van der Waals surface area contributed by atoms with E-state index in [0.29, 0.717) is 27.7 Å². The zero-order chi connectivity index (χ0) is 22.7. The van der Waals surface area contributed by atoms with Gasteiger partial charge in [-0.1, -0.05) is 23.7 Å². The number of aryl methyl sites for hydroxylation is 2. The van der Waals surface area contributed by atoms with Gasteiger partial charge in [0.15, 0.2) is 0 Å². The van der Waals surface area contributed by atoms with E-state index in [2.05, 4.69) is 10.4 Å². The van der Waals surface area contributed by atoms with Crippen LogP contribution in [0, 0.1) is 13.8 Å². The monoisotopic (exact) mass is 460 g/mol. The van der Waals surface area contributed by atoms with Crippen molar-refractivity contribution in [1.29, 1.82) is 0 Å². The predicted octanol–water partition coefficient (Wildman–Crippen LogP) is 4.28. The molecule has 0 aliphatic heterocycles. The zero-order valence-electron chi connectivity index (χ0n) is 18.2. The van der Waals surface area contributed by atoms with Crippen molar-refractivity contribution >= 4 is 39.8 Å². The normalized spacial score (nSPS) is 11.1. The highest BCUT2D eigenvalue weighted by Crippen LogP contribution is 2.36. The van der Waals surface area contributed by atoms with Crippen LogP contribution >= 0.6 is 22.9 Å². The van der Waals surface area contributed by atoms with Gasteiger partial charge in [-0.3, -0.25) is 14.4 Å². The number of aromatic nitrogens is 2. The number of halogens is 1. The molecule has 0 aliphatic rings. The number of nitrogens with one attached hydrogen (secondary N) is 1. The van der Waals surface area contributed by atoms with E-state index in [1.54, 1.807) is 12.1 Å². The van der Waals surface area contributed by atoms with Crippen LogP contribution in [-0.4, -0.2) is 47.3 Å². The molecule has 0 spiro atoms. The number of ether oxygens (including phenoxy) is 1. The molecule has 0 radical (unpaired) electrons. The smallest absolute Gasteiger partial charge is 0.341 e. The quantitative estimate of drug-likeness (QED) is 0.532. The van der Waals surface area contributed by atoms with Crippen LogP contribution in [0.3, 0.4) is 0 Å². The molecule has 2 heterocycles. The van der Waals surface area contributed by atoms with Crippen molar-refractivity contribution in [1.82, 2.24) is 14.7 Å². The Morgan fingerprint density at radius 2 is 1.94 bits per heavy atom. The van der Waals surface area contributed by atoms with Crippen molar-refractivity contribution in [2.45, 2.75) is 20.4 Å². The van der Waals surface area contributed by atoms with Gasteiger partial charge in [0.25, 0.3) is 0 Å². The van der Waals surface area contributed by atoms with Crippen LogP contribution in [0.5, 0.6) is 0 Å². The molecule has 3 aromatic rings. The van der Waals surface area contributed by atoms with E-state index in [9.17, 15) is 9.59 Å². The van der Waals surface area contributed by atoms with E-state index in [-0.39, 0.29) is 12.5 Å². The number of carbonyl (C=O) groups excluding carboxylic acids is 2. The minimum absolute atomic E-state index is 0.169. The number of anilines is 1. The van der Waals surface area contributed by atoms with Crippen molar-refractivity contribution in [2.75, 3.05) is 26.0 Å². The number of thiophene rings is 1. The molecule has 0 unspecified atom stereocenters. The van der Waals surface area contributed by atoms with Crippen molar-refractivity contribution in [3.63, 3.8) is 0 Å². The predicted molar refractivity (Wildman–Crippen MR) is 124 cm³/mol. The fourth-order valence-electron chi connectivity index (χ4n) is 3.38. The van der Waals surface area contributed by atoms with Crippen molar-refractivity contribution in [2.24, 2.45) is 7.05 Å². The lowest BCUT2D eigenvalue weighted by Gasteiger charge is -2.16. The first-order valence-electron chi connectivity index (χ1n) is 9.64. The first-order valence-corrected chi connectivity index (χ1v) is 10.9. The molecular weight excluding hydrogens is 436 g/mol. The number of carbonyl (C=O) groups is 2. The summed E-state index contributed by atoms with van der Waals surface area (Å²) in [5, 5.41) is 10.2. The number of amides is 1. The molecule has 0 aliphatic carbocycles. The Kier molecular flexibility index (Phi) is 7.15. The lowest BCUT2D eigenvalue weighted by atomic mass is 10.0. The third-order valence-corrected chi connectivity index (χ3v) is 6.24. The molecule has 1 aromatic carbocycles. The maximum absolute atomic E-state index is 12.7. The molecule has 0 saturated carbocycles. The van der Waals surface area contributed by atoms with Crippen LogP contribution in [0.4, 0.5) is 5.00 Å². The summed E-state index contributed by atoms with van der Waals surface area (Å²) in [5.74, 6) is -0.715. The van der Waals surface area contributed by atoms with Gasteiger partial charge in [0, 0.05) is 40.8 Å². The molecule has 3 rings (SSSR count). The standard InChI is InChI=1S/C22H25ClN4O3S/c1-13-17(14(2)27(4)25-13)10-26(3)11-19(28)24-21-20(22(29)30-5)18(12-31-21)15-6-8-16(23)9-7-15/h6-9,12H,10-11H2,1-5H3,(H,24,28). The van der Waals surface area contributed by atoms with Gasteiger partial charge in [-0.15, -0.1) is 11.3 Å². The summed E-state index contributed by atoms with van der Waals surface area (Å²) in [6.07, 6.45) is 0. The van der Waals surface area contributed by atoms with Gasteiger partial charge < -0.3 is 10.1 Å². The number of hydrogen-bond acceptors (Lipinski definition) is 6. The second-order valence-electron chi connectivity index (χ2n) is 7.35. The fourth-order valence-corrected chi connectivity index (χ4v) is 4.48. The first kappa shape index (κ1) is 23.0. The van der Waals surface area contributed by atoms with Crippen LogP contribution in [0.2, 0.25) is 5.02 Å². The van der Waals surface area contributed by atoms with Crippen LogP contribution < -0.4 is 5.32 Å². The van der Waals surface area contributed by atoms with Crippen molar-refractivity contribution in [3.05, 3.63) is 57.2 Å². The number of esters is 1. The lowest BCUT2D eigenvalue weighted by Crippen LogP contribution is -2.30. The number of benzene rings is 1. The minimum atomic E-state index is -0.503. The highest BCUT2D eigenvalue weighted by Gasteiger charge is 2.23. The van der Waals surface area contributed by atoms with Crippen molar-refractivity contribution in [3.8, 4) is 11.1 Å². The Labute approximate surface area is 190 Å². The molecule has 0 fully saturated rings. The number of methoxy groups -OCH3 is 1. The molecule has 1 N–H and O–H groups in total. The third-order valence-electron chi connectivity index (χ3n) is 5.09. The SMILES string of the molecule is COC(=O)c1c(-c2ccc(Cl)cc2)csc1NC(=O)CN(C)Cc1c(C)nn(C)c1C. The summed E-state index contributed by atoms with van der Waals surface area (Å²) in [6, 6.07) is 7.17. The molecule has 0 atom stereocenters. The average molecular weight is 461 g/mol. The molecule has 0 bridgehead atoms. The molecule has 1 amide bonds. The number of likely N-dealkylation sites (N-methyl/N-ethyl adjacent to an activating group) is 1. The Morgan fingerprint density at radius 3 is 2.52 bits per heavy atom. The van der Waals surface area contributed by atoms with E-state index in [1.165, 1.54) is 18.4 Å². The zero-order valence-corrected chi connectivity index (χ0v) is 19.7. The van der Waals surface area contributed by atoms with Gasteiger partial charge in [-0.25, -0.2) is 4.79 Å². The van der Waals surface area contributed by atoms with E-state index in [0.717, 1.165) is 22.5 Å². The Hall–Kier alpha value is -2.68. The van der Waals surface area contributed by atoms with Gasteiger partial charge >= 0.3 is 5.97 Å². The molecule has 0 saturated heterocycles. The Balaban J connectivity index is 1.76. The fraction of sp³-hybridized carbons (Fsp3) is 0.318. The van der Waals surface area contributed by atoms with Crippen LogP contribution in [-0.2, 0) is 23.1 Å². The number of rotatable bonds is 7. The van der Waals surface area contributed by atoms with E-state index in [1.807, 2.05) is 55.0 Å². The maximum atomic E-state index is 12.7. The van der Waals surface area contributed by atoms with Crippen LogP contribution in [0.25, 0.3) is 11.1 Å². The molecule has 7 nitrogen and oxygen atoms in total. The topological polar surface area (TPSA) is 76.5 Å². The summed E-state index contributed by atoms with van der Waals surface area (Å²) in [5.41, 5.74) is 4.98. The Morgan fingerprint density at radius 1 is 1.26 bits per heavy atom. The second kappa shape index (κ2) is 9.64. The van der Waals surface area contributed by atoms with Crippen LogP contribution in [0.1, 0.15) is 27.3 Å². The molecule has 31 heavy (non-hydrogen) atoms. The van der Waals surface area contributed by atoms with Gasteiger partial charge in [-0.05, 0) is 38.6 Å². The van der Waals surface area contributed by atoms with Gasteiger partial charge in [0.2, 0.25) is 5.91 Å². The minimum Gasteiger partial charge on any atom is -0.465 e. The maximum Gasteiger partial charge on any atom is 0.341 e. The molecule has 2 aromatic heterocycles. The van der Waals surface area contributed by atoms with Crippen molar-refractivity contribution < 1.29 is 14.3 Å². The molecular formula is C22H25ClN4O3S. The highest BCUT2D eigenvalue weighted by atomic mass is 35.5. The summed E-state index contributed by atoms with van der Waals surface area (Å²) in [4.78, 5) is 27.1. The summed E-state index contributed by atoms with van der Waals surface area (Å²) in [7, 11) is 5.10. The summed E-state index contributed by atoms with van der Waals surface area (Å²) < 4.78 is 6.80. The third kappa shape index (κ3) is 5.15. The second-order valence-corrected chi connectivity index (χ2v) is 8.66. The molecule has 164 valence electrons. The summed E-state index contributed by atoms with van der Waals surface area (Å²) in [6.45, 7) is 4.74. The van der Waals surface area contributed by atoms with Gasteiger partial charge in [0.05, 0.1) is 19.3 Å². The largest absolute Gasteiger partial charge is 0.465 e. The number of hydrogen-bond donors (Lipinski definition) is 1. The summed E-state index contributed by atoms with van der Waals surface area (Å²) >= 11 is 7.26. The first-order chi connectivity index (χ1) is 14.7. The van der Waals surface area contributed by atoms with E-state index >= 15 is 0 Å². The Bertz CT molecular complexity index is 1100. The van der Waals surface area contributed by atoms with Gasteiger partial charge in [-0.2, -0.15) is 5.10 Å². The lowest BCUT2D eigenvalue weighted by molar-refractivity contribution is -0.117.